The van der Waals surface area contributed by atoms with E-state index in [1.165, 1.54) is 0 Å². The van der Waals surface area contributed by atoms with E-state index in [-0.39, 0.29) is 0 Å². The van der Waals surface area contributed by atoms with Crippen molar-refractivity contribution in [2.45, 2.75) is 6.92 Å². The van der Waals surface area contributed by atoms with Crippen LogP contribution in [0, 0.1) is 6.92 Å². The molecule has 0 amide bonds. The molecule has 0 N–H and O–H groups in total. The zero-order valence-electron chi connectivity index (χ0n) is 7.41. The summed E-state index contributed by atoms with van der Waals surface area (Å²) in [4.78, 5) is 4.37. The second kappa shape index (κ2) is 3.03. The molecule has 2 rings (SSSR count). The standard InChI is InChI=1S/C9H9BrN2O/c1-6-8(10)12-5-3-4-7(13-2)9(12)11-6/h3-5H,1-2H3. The van der Waals surface area contributed by atoms with Gasteiger partial charge in [0.2, 0.25) is 0 Å². The molecule has 0 aliphatic heterocycles. The van der Waals surface area contributed by atoms with Crippen LogP contribution in [-0.4, -0.2) is 16.5 Å². The fourth-order valence-corrected chi connectivity index (χ4v) is 1.66. The van der Waals surface area contributed by atoms with E-state index in [0.29, 0.717) is 0 Å². The average Bonchev–Trinajstić information content (AvgIpc) is 2.43. The number of nitrogens with zero attached hydrogens (tertiary/aromatic N) is 2. The highest BCUT2D eigenvalue weighted by atomic mass is 79.9. The van der Waals surface area contributed by atoms with Gasteiger partial charge in [-0.2, -0.15) is 0 Å². The summed E-state index contributed by atoms with van der Waals surface area (Å²) in [7, 11) is 1.65. The molecule has 2 aromatic rings. The van der Waals surface area contributed by atoms with Crippen LogP contribution in [0.1, 0.15) is 5.69 Å². The summed E-state index contributed by atoms with van der Waals surface area (Å²) in [5.74, 6) is 0.788. The number of hydrogen-bond acceptors (Lipinski definition) is 2. The fourth-order valence-electron chi connectivity index (χ4n) is 1.29. The van der Waals surface area contributed by atoms with E-state index in [2.05, 4.69) is 20.9 Å². The molecule has 0 spiro atoms. The predicted octanol–water partition coefficient (Wildman–Crippen LogP) is 2.41. The number of hydrogen-bond donors (Lipinski definition) is 0. The Hall–Kier alpha value is -1.03. The van der Waals surface area contributed by atoms with E-state index in [1.807, 2.05) is 29.7 Å². The minimum Gasteiger partial charge on any atom is -0.493 e. The molecule has 2 aromatic heterocycles. The maximum absolute atomic E-state index is 5.19. The van der Waals surface area contributed by atoms with Gasteiger partial charge in [-0.3, -0.25) is 4.40 Å². The van der Waals surface area contributed by atoms with Crippen molar-refractivity contribution in [3.05, 3.63) is 28.6 Å². The molecule has 2 heterocycles. The van der Waals surface area contributed by atoms with E-state index < -0.39 is 0 Å². The Morgan fingerprint density at radius 2 is 2.31 bits per heavy atom. The average molecular weight is 241 g/mol. The van der Waals surface area contributed by atoms with Gasteiger partial charge in [-0.15, -0.1) is 0 Å². The van der Waals surface area contributed by atoms with Gasteiger partial charge in [-0.1, -0.05) is 0 Å². The smallest absolute Gasteiger partial charge is 0.180 e. The maximum atomic E-state index is 5.19. The van der Waals surface area contributed by atoms with Gasteiger partial charge in [0.1, 0.15) is 4.60 Å². The van der Waals surface area contributed by atoms with Crippen LogP contribution in [0.4, 0.5) is 0 Å². The molecule has 0 bridgehead atoms. The molecular formula is C9H9BrN2O. The first kappa shape index (κ1) is 8.56. The van der Waals surface area contributed by atoms with Crippen molar-refractivity contribution in [1.82, 2.24) is 9.38 Å². The topological polar surface area (TPSA) is 26.5 Å². The van der Waals surface area contributed by atoms with Crippen LogP contribution in [0.3, 0.4) is 0 Å². The lowest BCUT2D eigenvalue weighted by atomic mass is 10.4. The van der Waals surface area contributed by atoms with Gasteiger partial charge < -0.3 is 4.74 Å². The Balaban J connectivity index is 2.84. The third kappa shape index (κ3) is 1.21. The quantitative estimate of drug-likeness (QED) is 0.766. The second-order valence-electron chi connectivity index (χ2n) is 2.76. The first-order chi connectivity index (χ1) is 6.24. The first-order valence-electron chi connectivity index (χ1n) is 3.91. The van der Waals surface area contributed by atoms with Gasteiger partial charge in [0.25, 0.3) is 0 Å². The van der Waals surface area contributed by atoms with E-state index in [0.717, 1.165) is 21.7 Å². The van der Waals surface area contributed by atoms with Crippen molar-refractivity contribution < 1.29 is 4.74 Å². The van der Waals surface area contributed by atoms with Crippen LogP contribution in [0.15, 0.2) is 22.9 Å². The summed E-state index contributed by atoms with van der Waals surface area (Å²) in [6.45, 7) is 1.95. The number of fused-ring (bicyclic) bond motifs is 1. The highest BCUT2D eigenvalue weighted by molar-refractivity contribution is 9.10. The highest BCUT2D eigenvalue weighted by Crippen LogP contribution is 2.24. The summed E-state index contributed by atoms with van der Waals surface area (Å²) in [6, 6.07) is 3.83. The molecule has 0 saturated heterocycles. The Bertz CT molecular complexity index is 450. The molecule has 0 aliphatic rings. The Labute approximate surface area is 84.5 Å². The number of aromatic nitrogens is 2. The van der Waals surface area contributed by atoms with Crippen molar-refractivity contribution in [2.75, 3.05) is 7.11 Å². The first-order valence-corrected chi connectivity index (χ1v) is 4.70. The number of ether oxygens (including phenoxy) is 1. The van der Waals surface area contributed by atoms with E-state index >= 15 is 0 Å². The molecule has 0 saturated carbocycles. The molecule has 68 valence electrons. The minimum atomic E-state index is 0.788. The fraction of sp³-hybridized carbons (Fsp3) is 0.222. The van der Waals surface area contributed by atoms with E-state index in [1.54, 1.807) is 7.11 Å². The van der Waals surface area contributed by atoms with Crippen molar-refractivity contribution in [2.24, 2.45) is 0 Å². The van der Waals surface area contributed by atoms with E-state index in [9.17, 15) is 0 Å². The molecule has 0 aliphatic carbocycles. The number of halogens is 1. The summed E-state index contributed by atoms with van der Waals surface area (Å²) >= 11 is 3.46. The molecule has 0 radical (unpaired) electrons. The summed E-state index contributed by atoms with van der Waals surface area (Å²) in [5, 5.41) is 0. The Kier molecular flexibility index (Phi) is 2.00. The molecule has 0 atom stereocenters. The van der Waals surface area contributed by atoms with E-state index in [4.69, 9.17) is 4.74 Å². The molecule has 4 heteroatoms. The van der Waals surface area contributed by atoms with Gasteiger partial charge >= 0.3 is 0 Å². The summed E-state index contributed by atoms with van der Waals surface area (Å²) in [5.41, 5.74) is 1.80. The normalized spacial score (nSPS) is 10.7. The lowest BCUT2D eigenvalue weighted by Crippen LogP contribution is -1.89. The van der Waals surface area contributed by atoms with Gasteiger partial charge in [-0.25, -0.2) is 4.98 Å². The molecule has 3 nitrogen and oxygen atoms in total. The number of rotatable bonds is 1. The van der Waals surface area contributed by atoms with Gasteiger partial charge in [0, 0.05) is 6.20 Å². The van der Waals surface area contributed by atoms with Gasteiger partial charge in [0.05, 0.1) is 12.8 Å². The van der Waals surface area contributed by atoms with Crippen molar-refractivity contribution in [3.63, 3.8) is 0 Å². The van der Waals surface area contributed by atoms with Crippen molar-refractivity contribution >= 4 is 21.6 Å². The van der Waals surface area contributed by atoms with Crippen molar-refractivity contribution in [3.8, 4) is 5.75 Å². The second-order valence-corrected chi connectivity index (χ2v) is 3.51. The Morgan fingerprint density at radius 1 is 1.54 bits per heavy atom. The highest BCUT2D eigenvalue weighted by Gasteiger charge is 2.08. The third-order valence-corrected chi connectivity index (χ3v) is 2.89. The predicted molar refractivity (Wildman–Crippen MR) is 54.2 cm³/mol. The lowest BCUT2D eigenvalue weighted by molar-refractivity contribution is 0.417. The van der Waals surface area contributed by atoms with Crippen LogP contribution < -0.4 is 4.74 Å². The Morgan fingerprint density at radius 3 is 3.00 bits per heavy atom. The number of pyridine rings is 1. The number of aryl methyl sites for hydroxylation is 1. The van der Waals surface area contributed by atoms with Gasteiger partial charge in [0.15, 0.2) is 11.4 Å². The van der Waals surface area contributed by atoms with Crippen LogP contribution in [0.5, 0.6) is 5.75 Å². The molecule has 0 unspecified atom stereocenters. The zero-order chi connectivity index (χ0) is 9.42. The van der Waals surface area contributed by atoms with Crippen LogP contribution in [0.2, 0.25) is 0 Å². The number of imidazole rings is 1. The molecule has 13 heavy (non-hydrogen) atoms. The lowest BCUT2D eigenvalue weighted by Gasteiger charge is -2.00. The molecule has 0 aromatic carbocycles. The van der Waals surface area contributed by atoms with Crippen molar-refractivity contribution in [1.29, 1.82) is 0 Å². The monoisotopic (exact) mass is 240 g/mol. The number of methoxy groups -OCH3 is 1. The SMILES string of the molecule is COc1cccn2c(Br)c(C)nc12. The van der Waals surface area contributed by atoms with Crippen LogP contribution >= 0.6 is 15.9 Å². The van der Waals surface area contributed by atoms with Crippen LogP contribution in [0.25, 0.3) is 5.65 Å². The zero-order valence-corrected chi connectivity index (χ0v) is 9.00. The molecular weight excluding hydrogens is 232 g/mol. The summed E-state index contributed by atoms with van der Waals surface area (Å²) < 4.78 is 8.12. The summed E-state index contributed by atoms with van der Waals surface area (Å²) in [6.07, 6.45) is 1.95. The molecule has 0 fully saturated rings. The van der Waals surface area contributed by atoms with Gasteiger partial charge in [-0.05, 0) is 35.0 Å². The minimum absolute atomic E-state index is 0.788. The largest absolute Gasteiger partial charge is 0.493 e. The van der Waals surface area contributed by atoms with Crippen LogP contribution in [-0.2, 0) is 0 Å². The maximum Gasteiger partial charge on any atom is 0.180 e. The third-order valence-electron chi connectivity index (χ3n) is 1.93.